The molecule has 0 atom stereocenters. The summed E-state index contributed by atoms with van der Waals surface area (Å²) in [7, 11) is -1.86. The van der Waals surface area contributed by atoms with Gasteiger partial charge in [0, 0.05) is 24.4 Å². The zero-order valence-corrected chi connectivity index (χ0v) is 16.5. The van der Waals surface area contributed by atoms with Crippen molar-refractivity contribution in [3.05, 3.63) is 77.6 Å². The van der Waals surface area contributed by atoms with E-state index in [9.17, 15) is 21.6 Å². The largest absolute Gasteiger partial charge is 0.497 e. The molecule has 0 bridgehead atoms. The summed E-state index contributed by atoms with van der Waals surface area (Å²) in [6.45, 7) is 0. The third kappa shape index (κ3) is 4.95. The van der Waals surface area contributed by atoms with Crippen molar-refractivity contribution in [2.24, 2.45) is 0 Å². The summed E-state index contributed by atoms with van der Waals surface area (Å²) in [6.07, 6.45) is -2.34. The van der Waals surface area contributed by atoms with Gasteiger partial charge in [-0.2, -0.15) is 13.2 Å². The third-order valence-electron chi connectivity index (χ3n) is 4.42. The van der Waals surface area contributed by atoms with Crippen molar-refractivity contribution in [2.75, 3.05) is 13.4 Å². The molecule has 4 nitrogen and oxygen atoms in total. The summed E-state index contributed by atoms with van der Waals surface area (Å²) in [5, 5.41) is 0. The number of rotatable bonds is 5. The van der Waals surface area contributed by atoms with Crippen LogP contribution >= 0.6 is 0 Å². The first-order valence-corrected chi connectivity index (χ1v) is 10.5. The van der Waals surface area contributed by atoms with Gasteiger partial charge in [0.2, 0.25) is 0 Å². The number of halogens is 3. The molecule has 0 aliphatic heterocycles. The van der Waals surface area contributed by atoms with Crippen LogP contribution in [0.4, 0.5) is 13.2 Å². The number of hydrogen-bond acceptors (Lipinski definition) is 4. The van der Waals surface area contributed by atoms with Crippen LogP contribution in [0.15, 0.2) is 65.7 Å². The van der Waals surface area contributed by atoms with Crippen LogP contribution in [-0.4, -0.2) is 26.8 Å². The second-order valence-corrected chi connectivity index (χ2v) is 8.55. The van der Waals surface area contributed by atoms with Gasteiger partial charge in [-0.15, -0.1) is 0 Å². The summed E-state index contributed by atoms with van der Waals surface area (Å²) in [6, 6.07) is 13.9. The lowest BCUT2D eigenvalue weighted by molar-refractivity contribution is -0.137. The van der Waals surface area contributed by atoms with Gasteiger partial charge in [-0.1, -0.05) is 24.3 Å². The first kappa shape index (κ1) is 20.9. The minimum atomic E-state index is -4.53. The van der Waals surface area contributed by atoms with Crippen molar-refractivity contribution in [3.63, 3.8) is 0 Å². The number of ether oxygens (including phenoxy) is 1. The Bertz CT molecular complexity index is 1110. The molecule has 0 N–H and O–H groups in total. The quantitative estimate of drug-likeness (QED) is 0.596. The van der Waals surface area contributed by atoms with Crippen LogP contribution < -0.4 is 4.74 Å². The molecule has 0 aliphatic rings. The minimum Gasteiger partial charge on any atom is -0.497 e. The fraction of sp³-hybridized carbons (Fsp3) is 0.190. The predicted molar refractivity (Wildman–Crippen MR) is 104 cm³/mol. The Morgan fingerprint density at radius 1 is 1.00 bits per heavy atom. The molecule has 0 unspecified atom stereocenters. The van der Waals surface area contributed by atoms with Crippen molar-refractivity contribution in [3.8, 4) is 16.9 Å². The number of sulfone groups is 1. The van der Waals surface area contributed by atoms with E-state index in [1.54, 1.807) is 19.2 Å². The molecule has 1 aromatic heterocycles. The second-order valence-electron chi connectivity index (χ2n) is 6.54. The van der Waals surface area contributed by atoms with Gasteiger partial charge in [-0.25, -0.2) is 8.42 Å². The average molecular weight is 421 g/mol. The lowest BCUT2D eigenvalue weighted by Crippen LogP contribution is -2.08. The lowest BCUT2D eigenvalue weighted by atomic mass is 9.98. The van der Waals surface area contributed by atoms with Gasteiger partial charge in [-0.3, -0.25) is 4.98 Å². The summed E-state index contributed by atoms with van der Waals surface area (Å²) in [5.41, 5.74) is 1.20. The van der Waals surface area contributed by atoms with Gasteiger partial charge in [0.05, 0.1) is 23.3 Å². The van der Waals surface area contributed by atoms with E-state index in [2.05, 4.69) is 4.98 Å². The molecule has 0 fully saturated rings. The van der Waals surface area contributed by atoms with Gasteiger partial charge >= 0.3 is 6.18 Å². The molecular formula is C21H18F3NO3S. The van der Waals surface area contributed by atoms with E-state index in [1.807, 2.05) is 12.1 Å². The van der Waals surface area contributed by atoms with E-state index in [0.717, 1.165) is 24.1 Å². The average Bonchev–Trinajstić information content (AvgIpc) is 2.67. The zero-order chi connectivity index (χ0) is 21.2. The van der Waals surface area contributed by atoms with Crippen molar-refractivity contribution >= 4 is 9.84 Å². The van der Waals surface area contributed by atoms with E-state index in [0.29, 0.717) is 29.0 Å². The molecule has 0 saturated carbocycles. The number of aromatic nitrogens is 1. The summed E-state index contributed by atoms with van der Waals surface area (Å²) < 4.78 is 68.1. The van der Waals surface area contributed by atoms with E-state index in [1.165, 1.54) is 24.3 Å². The Labute approximate surface area is 166 Å². The number of hydrogen-bond donors (Lipinski definition) is 0. The molecule has 3 aromatic rings. The van der Waals surface area contributed by atoms with Crippen molar-refractivity contribution in [1.29, 1.82) is 0 Å². The maximum Gasteiger partial charge on any atom is 0.417 e. The Balaban J connectivity index is 2.06. The van der Waals surface area contributed by atoms with E-state index < -0.39 is 21.6 Å². The van der Waals surface area contributed by atoms with Crippen LogP contribution in [-0.2, 0) is 22.4 Å². The molecule has 0 amide bonds. The molecule has 152 valence electrons. The second kappa shape index (κ2) is 7.87. The van der Waals surface area contributed by atoms with Crippen molar-refractivity contribution < 1.29 is 26.3 Å². The Morgan fingerprint density at radius 2 is 1.62 bits per heavy atom. The molecule has 0 saturated heterocycles. The van der Waals surface area contributed by atoms with Crippen LogP contribution in [0.3, 0.4) is 0 Å². The zero-order valence-electron chi connectivity index (χ0n) is 15.7. The molecule has 1 heterocycles. The number of nitrogens with zero attached hydrogens (tertiary/aromatic N) is 1. The highest BCUT2D eigenvalue weighted by Gasteiger charge is 2.32. The maximum absolute atomic E-state index is 13.2. The van der Waals surface area contributed by atoms with Crippen LogP contribution in [0.5, 0.6) is 5.75 Å². The maximum atomic E-state index is 13.2. The standard InChI is InChI=1S/C21H18F3NO3S/c1-28-17-7-3-14(4-8-17)11-20-19(12-16(13-25-20)21(22,23)24)15-5-9-18(10-6-15)29(2,26)27/h3-10,12-13H,11H2,1-2H3. The van der Waals surface area contributed by atoms with Crippen LogP contribution in [0.25, 0.3) is 11.1 Å². The first-order chi connectivity index (χ1) is 13.6. The van der Waals surface area contributed by atoms with Gasteiger partial charge in [0.25, 0.3) is 0 Å². The summed E-state index contributed by atoms with van der Waals surface area (Å²) in [4.78, 5) is 4.16. The number of pyridine rings is 1. The molecule has 0 spiro atoms. The smallest absolute Gasteiger partial charge is 0.417 e. The van der Waals surface area contributed by atoms with E-state index in [-0.39, 0.29) is 4.90 Å². The molecule has 0 aliphatic carbocycles. The van der Waals surface area contributed by atoms with Crippen molar-refractivity contribution in [1.82, 2.24) is 4.98 Å². The monoisotopic (exact) mass is 421 g/mol. The fourth-order valence-electron chi connectivity index (χ4n) is 2.86. The molecule has 3 rings (SSSR count). The number of alkyl halides is 3. The van der Waals surface area contributed by atoms with E-state index in [4.69, 9.17) is 4.74 Å². The van der Waals surface area contributed by atoms with Crippen LogP contribution in [0, 0.1) is 0 Å². The Morgan fingerprint density at radius 3 is 2.14 bits per heavy atom. The highest BCUT2D eigenvalue weighted by Crippen LogP contribution is 2.34. The highest BCUT2D eigenvalue weighted by atomic mass is 32.2. The topological polar surface area (TPSA) is 56.3 Å². The lowest BCUT2D eigenvalue weighted by Gasteiger charge is -2.14. The van der Waals surface area contributed by atoms with Crippen molar-refractivity contribution in [2.45, 2.75) is 17.5 Å². The number of benzene rings is 2. The fourth-order valence-corrected chi connectivity index (χ4v) is 3.49. The normalized spacial score (nSPS) is 12.0. The van der Waals surface area contributed by atoms with Gasteiger partial charge in [0.1, 0.15) is 5.75 Å². The predicted octanol–water partition coefficient (Wildman–Crippen LogP) is 4.77. The third-order valence-corrected chi connectivity index (χ3v) is 5.55. The Kier molecular flexibility index (Phi) is 5.66. The van der Waals surface area contributed by atoms with E-state index >= 15 is 0 Å². The molecule has 2 aromatic carbocycles. The van der Waals surface area contributed by atoms with Gasteiger partial charge < -0.3 is 4.74 Å². The van der Waals surface area contributed by atoms with Crippen LogP contribution in [0.2, 0.25) is 0 Å². The minimum absolute atomic E-state index is 0.0953. The van der Waals surface area contributed by atoms with Crippen LogP contribution in [0.1, 0.15) is 16.8 Å². The first-order valence-electron chi connectivity index (χ1n) is 8.57. The van der Waals surface area contributed by atoms with Gasteiger partial charge in [0.15, 0.2) is 9.84 Å². The molecule has 8 heteroatoms. The Hall–Kier alpha value is -2.87. The SMILES string of the molecule is COc1ccc(Cc2ncc(C(F)(F)F)cc2-c2ccc(S(C)(=O)=O)cc2)cc1. The molecule has 0 radical (unpaired) electrons. The molecule has 29 heavy (non-hydrogen) atoms. The number of methoxy groups -OCH3 is 1. The summed E-state index contributed by atoms with van der Waals surface area (Å²) >= 11 is 0. The highest BCUT2D eigenvalue weighted by molar-refractivity contribution is 7.90. The van der Waals surface area contributed by atoms with Gasteiger partial charge in [-0.05, 0) is 41.5 Å². The summed E-state index contributed by atoms with van der Waals surface area (Å²) in [5.74, 6) is 0.672. The molecular weight excluding hydrogens is 403 g/mol.